The molecule has 0 aliphatic carbocycles. The number of thiazole rings is 1. The number of hydrogen-bond acceptors (Lipinski definition) is 7. The summed E-state index contributed by atoms with van der Waals surface area (Å²) in [6.07, 6.45) is 5.36. The van der Waals surface area contributed by atoms with Crippen molar-refractivity contribution in [3.05, 3.63) is 24.0 Å². The molecular weight excluding hydrogens is 356 g/mol. The van der Waals surface area contributed by atoms with Crippen LogP contribution in [-0.4, -0.2) is 29.0 Å². The van der Waals surface area contributed by atoms with Crippen LogP contribution in [0.3, 0.4) is 0 Å². The Hall–Kier alpha value is -1.38. The summed E-state index contributed by atoms with van der Waals surface area (Å²) in [6, 6.07) is 0. The molecule has 3 heterocycles. The average molecular weight is 381 g/mol. The SMILES string of the molecule is CC(C)(C)c1ncc(CSc2cnc(NC(=O)C3CCNCC3)s2)o1. The van der Waals surface area contributed by atoms with Crippen molar-refractivity contribution in [1.82, 2.24) is 15.3 Å². The molecule has 25 heavy (non-hydrogen) atoms. The van der Waals surface area contributed by atoms with Crippen LogP contribution in [-0.2, 0) is 16.0 Å². The second kappa shape index (κ2) is 7.88. The summed E-state index contributed by atoms with van der Waals surface area (Å²) in [7, 11) is 0. The molecule has 0 spiro atoms. The topological polar surface area (TPSA) is 80.0 Å². The first-order valence-corrected chi connectivity index (χ1v) is 10.3. The van der Waals surface area contributed by atoms with E-state index in [-0.39, 0.29) is 17.2 Å². The molecule has 6 nitrogen and oxygen atoms in total. The van der Waals surface area contributed by atoms with E-state index in [0.717, 1.165) is 41.8 Å². The van der Waals surface area contributed by atoms with E-state index < -0.39 is 0 Å². The fourth-order valence-electron chi connectivity index (χ4n) is 2.54. The van der Waals surface area contributed by atoms with Gasteiger partial charge in [-0.15, -0.1) is 11.8 Å². The van der Waals surface area contributed by atoms with Crippen LogP contribution in [0.5, 0.6) is 0 Å². The number of carbonyl (C=O) groups is 1. The van der Waals surface area contributed by atoms with Gasteiger partial charge in [-0.05, 0) is 25.9 Å². The maximum Gasteiger partial charge on any atom is 0.229 e. The minimum absolute atomic E-state index is 0.0810. The first-order valence-electron chi connectivity index (χ1n) is 8.47. The van der Waals surface area contributed by atoms with E-state index in [1.54, 1.807) is 24.2 Å². The van der Waals surface area contributed by atoms with Gasteiger partial charge in [-0.25, -0.2) is 9.97 Å². The van der Waals surface area contributed by atoms with Gasteiger partial charge in [-0.3, -0.25) is 4.79 Å². The Balaban J connectivity index is 1.51. The van der Waals surface area contributed by atoms with Crippen molar-refractivity contribution in [3.63, 3.8) is 0 Å². The first-order chi connectivity index (χ1) is 11.9. The van der Waals surface area contributed by atoms with Gasteiger partial charge in [0.1, 0.15) is 5.76 Å². The molecule has 0 unspecified atom stereocenters. The van der Waals surface area contributed by atoms with Crippen LogP contribution >= 0.6 is 23.1 Å². The van der Waals surface area contributed by atoms with Gasteiger partial charge in [0, 0.05) is 11.3 Å². The number of thioether (sulfide) groups is 1. The second-order valence-electron chi connectivity index (χ2n) is 7.17. The summed E-state index contributed by atoms with van der Waals surface area (Å²) in [5, 5.41) is 6.88. The number of aromatic nitrogens is 2. The molecule has 1 saturated heterocycles. The van der Waals surface area contributed by atoms with Crippen LogP contribution in [0.25, 0.3) is 0 Å². The molecule has 0 saturated carbocycles. The molecule has 0 bridgehead atoms. The Bertz CT molecular complexity index is 714. The van der Waals surface area contributed by atoms with E-state index in [4.69, 9.17) is 4.42 Å². The third kappa shape index (κ3) is 5.05. The molecule has 1 fully saturated rings. The minimum atomic E-state index is -0.0838. The van der Waals surface area contributed by atoms with Gasteiger partial charge in [0.2, 0.25) is 5.91 Å². The molecule has 0 aromatic carbocycles. The third-order valence-corrected chi connectivity index (χ3v) is 6.11. The Morgan fingerprint density at radius 3 is 2.80 bits per heavy atom. The molecule has 1 amide bonds. The van der Waals surface area contributed by atoms with Crippen molar-refractivity contribution in [2.45, 2.75) is 49.0 Å². The lowest BCUT2D eigenvalue weighted by molar-refractivity contribution is -0.120. The fourth-order valence-corrected chi connectivity index (χ4v) is 4.29. The summed E-state index contributed by atoms with van der Waals surface area (Å²) in [4.78, 5) is 20.9. The zero-order valence-corrected chi connectivity index (χ0v) is 16.4. The van der Waals surface area contributed by atoms with Crippen molar-refractivity contribution >= 4 is 34.1 Å². The maximum atomic E-state index is 12.3. The largest absolute Gasteiger partial charge is 0.444 e. The predicted octanol–water partition coefficient (Wildman–Crippen LogP) is 3.66. The van der Waals surface area contributed by atoms with E-state index in [1.807, 2.05) is 0 Å². The standard InChI is InChI=1S/C17H24N4O2S2/c1-17(2,3)15-19-8-12(23-15)10-24-13-9-20-16(25-13)21-14(22)11-4-6-18-7-5-11/h8-9,11,18H,4-7,10H2,1-3H3,(H,20,21,22). The van der Waals surface area contributed by atoms with Crippen molar-refractivity contribution in [2.75, 3.05) is 18.4 Å². The Morgan fingerprint density at radius 2 is 2.12 bits per heavy atom. The van der Waals surface area contributed by atoms with Crippen LogP contribution in [0.2, 0.25) is 0 Å². The molecule has 3 rings (SSSR count). The summed E-state index contributed by atoms with van der Waals surface area (Å²) in [6.45, 7) is 8.05. The van der Waals surface area contributed by atoms with Crippen molar-refractivity contribution < 1.29 is 9.21 Å². The quantitative estimate of drug-likeness (QED) is 0.771. The molecule has 8 heteroatoms. The van der Waals surface area contributed by atoms with Crippen molar-refractivity contribution in [2.24, 2.45) is 5.92 Å². The third-order valence-electron chi connectivity index (χ3n) is 3.98. The molecule has 2 N–H and O–H groups in total. The highest BCUT2D eigenvalue weighted by molar-refractivity contribution is 8.00. The molecule has 0 radical (unpaired) electrons. The van der Waals surface area contributed by atoms with Crippen molar-refractivity contribution in [1.29, 1.82) is 0 Å². The van der Waals surface area contributed by atoms with E-state index >= 15 is 0 Å². The molecule has 1 aliphatic heterocycles. The van der Waals surface area contributed by atoms with E-state index in [1.165, 1.54) is 11.3 Å². The van der Waals surface area contributed by atoms with E-state index in [9.17, 15) is 4.79 Å². The van der Waals surface area contributed by atoms with Crippen molar-refractivity contribution in [3.8, 4) is 0 Å². The number of nitrogens with zero attached hydrogens (tertiary/aromatic N) is 2. The lowest BCUT2D eigenvalue weighted by Gasteiger charge is -2.20. The monoisotopic (exact) mass is 380 g/mol. The highest BCUT2D eigenvalue weighted by Crippen LogP contribution is 2.32. The summed E-state index contributed by atoms with van der Waals surface area (Å²) < 4.78 is 6.85. The number of hydrogen-bond donors (Lipinski definition) is 2. The normalized spacial score (nSPS) is 16.1. The van der Waals surface area contributed by atoms with E-state index in [0.29, 0.717) is 10.9 Å². The smallest absolute Gasteiger partial charge is 0.229 e. The summed E-state index contributed by atoms with van der Waals surface area (Å²) in [5.74, 6) is 2.47. The summed E-state index contributed by atoms with van der Waals surface area (Å²) in [5.41, 5.74) is -0.0838. The van der Waals surface area contributed by atoms with Crippen LogP contribution in [0.1, 0.15) is 45.3 Å². The first kappa shape index (κ1) is 18.4. The molecule has 136 valence electrons. The number of nitrogens with one attached hydrogen (secondary N) is 2. The van der Waals surface area contributed by atoms with Gasteiger partial charge in [0.25, 0.3) is 0 Å². The highest BCUT2D eigenvalue weighted by atomic mass is 32.2. The zero-order chi connectivity index (χ0) is 17.9. The van der Waals surface area contributed by atoms with Crippen LogP contribution in [0.4, 0.5) is 5.13 Å². The van der Waals surface area contributed by atoms with E-state index in [2.05, 4.69) is 41.4 Å². The van der Waals surface area contributed by atoms with Gasteiger partial charge >= 0.3 is 0 Å². The van der Waals surface area contributed by atoms with Gasteiger partial charge in [0.05, 0.1) is 22.4 Å². The van der Waals surface area contributed by atoms with Gasteiger partial charge in [-0.2, -0.15) is 0 Å². The molecule has 0 atom stereocenters. The maximum absolute atomic E-state index is 12.3. The Kier molecular flexibility index (Phi) is 5.81. The number of anilines is 1. The molecular formula is C17H24N4O2S2. The predicted molar refractivity (Wildman–Crippen MR) is 101 cm³/mol. The molecule has 2 aromatic rings. The number of oxazole rings is 1. The zero-order valence-electron chi connectivity index (χ0n) is 14.8. The molecule has 2 aromatic heterocycles. The average Bonchev–Trinajstić information content (AvgIpc) is 3.22. The van der Waals surface area contributed by atoms with Gasteiger partial charge in [0.15, 0.2) is 11.0 Å². The number of piperidine rings is 1. The van der Waals surface area contributed by atoms with Crippen LogP contribution in [0, 0.1) is 5.92 Å². The highest BCUT2D eigenvalue weighted by Gasteiger charge is 2.22. The Morgan fingerprint density at radius 1 is 1.36 bits per heavy atom. The molecule has 1 aliphatic rings. The lowest BCUT2D eigenvalue weighted by Crippen LogP contribution is -2.34. The minimum Gasteiger partial charge on any atom is -0.444 e. The van der Waals surface area contributed by atoms with Gasteiger partial charge < -0.3 is 15.1 Å². The summed E-state index contributed by atoms with van der Waals surface area (Å²) >= 11 is 3.14. The lowest BCUT2D eigenvalue weighted by atomic mass is 9.97. The van der Waals surface area contributed by atoms with Crippen LogP contribution < -0.4 is 10.6 Å². The number of carbonyl (C=O) groups excluding carboxylic acids is 1. The fraction of sp³-hybridized carbons (Fsp3) is 0.588. The number of rotatable bonds is 5. The van der Waals surface area contributed by atoms with Gasteiger partial charge in [-0.1, -0.05) is 32.1 Å². The van der Waals surface area contributed by atoms with Crippen LogP contribution in [0.15, 0.2) is 21.0 Å². The Labute approximate surface area is 156 Å². The number of amides is 1. The second-order valence-corrected chi connectivity index (χ2v) is 9.47.